The van der Waals surface area contributed by atoms with Gasteiger partial charge < -0.3 is 20.7 Å². The highest BCUT2D eigenvalue weighted by atomic mass is 19.1. The Hall–Kier alpha value is -4.28. The normalized spacial score (nSPS) is 14.4. The fourth-order valence-corrected chi connectivity index (χ4v) is 2.85. The van der Waals surface area contributed by atoms with Crippen molar-refractivity contribution < 1.29 is 22.1 Å². The van der Waals surface area contributed by atoms with Crippen LogP contribution in [0.2, 0.25) is 0 Å². The standard InChI is InChI=1S/C20H19FN8O2/c1-22-20(30)13-10-24-16(28-15-5-4-12(21)9-23-15)6-14(13)27-19-18(31-3)17-11(7-25-19)8-26-29(17)2/h4-10H,1-3H3,(H,22,30)(H2,23,24,25,27,28)/i1D3,2D3. The van der Waals surface area contributed by atoms with Crippen molar-refractivity contribution in [3.8, 4) is 5.75 Å². The number of aromatic nitrogens is 5. The van der Waals surface area contributed by atoms with Gasteiger partial charge in [-0.2, -0.15) is 5.10 Å². The lowest BCUT2D eigenvalue weighted by Crippen LogP contribution is -2.20. The highest BCUT2D eigenvalue weighted by Crippen LogP contribution is 2.34. The van der Waals surface area contributed by atoms with Crippen LogP contribution in [0.3, 0.4) is 0 Å². The van der Waals surface area contributed by atoms with Gasteiger partial charge in [-0.15, -0.1) is 0 Å². The zero-order valence-electron chi connectivity index (χ0n) is 22.0. The fourth-order valence-electron chi connectivity index (χ4n) is 2.85. The largest absolute Gasteiger partial charge is 0.491 e. The van der Waals surface area contributed by atoms with E-state index in [1.165, 1.54) is 37.7 Å². The van der Waals surface area contributed by atoms with Gasteiger partial charge in [0.15, 0.2) is 11.6 Å². The molecule has 4 aromatic rings. The van der Waals surface area contributed by atoms with Gasteiger partial charge in [0.1, 0.15) is 23.0 Å². The Morgan fingerprint density at radius 3 is 2.74 bits per heavy atom. The first-order valence-electron chi connectivity index (χ1n) is 11.7. The van der Waals surface area contributed by atoms with Crippen LogP contribution < -0.4 is 20.7 Å². The molecule has 0 spiro atoms. The van der Waals surface area contributed by atoms with Gasteiger partial charge in [-0.05, 0) is 12.1 Å². The molecular weight excluding hydrogens is 403 g/mol. The number of ether oxygens (including phenoxy) is 1. The van der Waals surface area contributed by atoms with Crippen molar-refractivity contribution in [1.29, 1.82) is 0 Å². The van der Waals surface area contributed by atoms with Crippen LogP contribution in [0, 0.1) is 5.82 Å². The van der Waals surface area contributed by atoms with Gasteiger partial charge in [0.25, 0.3) is 5.91 Å². The molecule has 0 unspecified atom stereocenters. The van der Waals surface area contributed by atoms with E-state index in [-0.39, 0.29) is 40.0 Å². The van der Waals surface area contributed by atoms with E-state index in [1.54, 1.807) is 0 Å². The Kier molecular flexibility index (Phi) is 3.67. The van der Waals surface area contributed by atoms with Gasteiger partial charge in [-0.3, -0.25) is 9.48 Å². The maximum Gasteiger partial charge on any atom is 0.254 e. The predicted molar refractivity (Wildman–Crippen MR) is 113 cm³/mol. The van der Waals surface area contributed by atoms with Gasteiger partial charge in [0, 0.05) is 46.0 Å². The van der Waals surface area contributed by atoms with Crippen molar-refractivity contribution in [2.45, 2.75) is 0 Å². The Bertz CT molecular complexity index is 1460. The van der Waals surface area contributed by atoms with E-state index in [4.69, 9.17) is 13.0 Å². The average molecular weight is 428 g/mol. The van der Waals surface area contributed by atoms with E-state index in [0.29, 0.717) is 5.39 Å². The van der Waals surface area contributed by atoms with Crippen molar-refractivity contribution in [3.63, 3.8) is 0 Å². The lowest BCUT2D eigenvalue weighted by molar-refractivity contribution is 0.0963. The molecule has 31 heavy (non-hydrogen) atoms. The van der Waals surface area contributed by atoms with Crippen molar-refractivity contribution >= 4 is 40.0 Å². The number of rotatable bonds is 6. The molecule has 0 saturated heterocycles. The Morgan fingerprint density at radius 1 is 1.13 bits per heavy atom. The molecule has 158 valence electrons. The van der Waals surface area contributed by atoms with Crippen LogP contribution >= 0.6 is 0 Å². The topological polar surface area (TPSA) is 119 Å². The molecule has 0 bridgehead atoms. The predicted octanol–water partition coefficient (Wildman–Crippen LogP) is 2.75. The summed E-state index contributed by atoms with van der Waals surface area (Å²) >= 11 is 0. The molecule has 4 rings (SSSR count). The molecule has 4 heterocycles. The van der Waals surface area contributed by atoms with Gasteiger partial charge in [0.05, 0.1) is 30.8 Å². The summed E-state index contributed by atoms with van der Waals surface area (Å²) in [5.41, 5.74) is 0.00453. The third-order valence-electron chi connectivity index (χ3n) is 4.26. The summed E-state index contributed by atoms with van der Waals surface area (Å²) < 4.78 is 64.7. The molecule has 3 N–H and O–H groups in total. The van der Waals surface area contributed by atoms with Crippen LogP contribution in [0.25, 0.3) is 10.9 Å². The molecule has 4 aromatic heterocycles. The minimum Gasteiger partial charge on any atom is -0.491 e. The van der Waals surface area contributed by atoms with Crippen molar-refractivity contribution in [2.75, 3.05) is 24.7 Å². The first-order valence-corrected chi connectivity index (χ1v) is 8.75. The summed E-state index contributed by atoms with van der Waals surface area (Å²) in [6.07, 6.45) is 4.80. The molecule has 0 saturated carbocycles. The van der Waals surface area contributed by atoms with Crippen LogP contribution in [0.1, 0.15) is 18.6 Å². The van der Waals surface area contributed by atoms with Gasteiger partial charge in [-0.25, -0.2) is 19.3 Å². The summed E-state index contributed by atoms with van der Waals surface area (Å²) in [5, 5.41) is 11.9. The van der Waals surface area contributed by atoms with Gasteiger partial charge in [0.2, 0.25) is 0 Å². The van der Waals surface area contributed by atoms with Crippen LogP contribution in [-0.4, -0.2) is 44.7 Å². The SMILES string of the molecule is [2H]C([2H])([2H])NC(=O)c1cnc(Nc2ccc(F)cn2)cc1Nc1ncc2cnn(C([2H])([2H])[2H])c2c1OC. The maximum absolute atomic E-state index is 13.2. The van der Waals surface area contributed by atoms with E-state index in [0.717, 1.165) is 17.1 Å². The van der Waals surface area contributed by atoms with Crippen molar-refractivity contribution in [2.24, 2.45) is 6.98 Å². The average Bonchev–Trinajstić information content (AvgIpc) is 3.24. The second-order valence-corrected chi connectivity index (χ2v) is 6.18. The Morgan fingerprint density at radius 2 is 2.00 bits per heavy atom. The van der Waals surface area contributed by atoms with Crippen molar-refractivity contribution in [3.05, 3.63) is 54.4 Å². The van der Waals surface area contributed by atoms with Crippen molar-refractivity contribution in [1.82, 2.24) is 30.0 Å². The van der Waals surface area contributed by atoms with Crippen LogP contribution in [-0.2, 0) is 6.98 Å². The Balaban J connectivity index is 1.80. The number of hydrogen-bond donors (Lipinski definition) is 3. The summed E-state index contributed by atoms with van der Waals surface area (Å²) in [6, 6.07) is 3.92. The first kappa shape index (κ1) is 13.9. The minimum atomic E-state index is -2.77. The summed E-state index contributed by atoms with van der Waals surface area (Å²) in [6.45, 7) is -5.39. The number of nitrogens with one attached hydrogen (secondary N) is 3. The van der Waals surface area contributed by atoms with E-state index in [9.17, 15) is 9.18 Å². The second kappa shape index (κ2) is 8.22. The van der Waals surface area contributed by atoms with Gasteiger partial charge >= 0.3 is 0 Å². The highest BCUT2D eigenvalue weighted by Gasteiger charge is 2.18. The zero-order valence-corrected chi connectivity index (χ0v) is 16.0. The molecule has 0 radical (unpaired) electrons. The number of nitrogens with zero attached hydrogens (tertiary/aromatic N) is 5. The molecule has 11 heteroatoms. The molecule has 10 nitrogen and oxygen atoms in total. The maximum atomic E-state index is 13.2. The number of aryl methyl sites for hydroxylation is 1. The second-order valence-electron chi connectivity index (χ2n) is 6.18. The molecular formula is C20H19FN8O2. The first-order chi connectivity index (χ1) is 17.4. The fraction of sp³-hybridized carbons (Fsp3) is 0.150. The molecule has 0 aromatic carbocycles. The van der Waals surface area contributed by atoms with E-state index in [2.05, 4.69) is 30.7 Å². The number of carbonyl (C=O) groups is 1. The summed E-state index contributed by atoms with van der Waals surface area (Å²) in [7, 11) is 1.31. The Labute approximate surface area is 184 Å². The van der Waals surface area contributed by atoms with Crippen LogP contribution in [0.4, 0.5) is 27.5 Å². The third kappa shape index (κ3) is 3.92. The van der Waals surface area contributed by atoms with E-state index < -0.39 is 25.7 Å². The summed E-state index contributed by atoms with van der Waals surface area (Å²) in [5.74, 6) is -1.06. The van der Waals surface area contributed by atoms with Crippen LogP contribution in [0.5, 0.6) is 5.75 Å². The summed E-state index contributed by atoms with van der Waals surface area (Å²) in [4.78, 5) is 25.0. The molecule has 0 aliphatic rings. The number of carbonyl (C=O) groups excluding carboxylic acids is 1. The monoisotopic (exact) mass is 428 g/mol. The lowest BCUT2D eigenvalue weighted by atomic mass is 10.2. The van der Waals surface area contributed by atoms with E-state index >= 15 is 0 Å². The number of halogens is 1. The minimum absolute atomic E-state index is 0.0137. The number of anilines is 4. The molecule has 1 amide bonds. The molecule has 0 aliphatic heterocycles. The smallest absolute Gasteiger partial charge is 0.254 e. The quantitative estimate of drug-likeness (QED) is 0.429. The van der Waals surface area contributed by atoms with E-state index in [1.807, 2.05) is 5.32 Å². The van der Waals surface area contributed by atoms with Gasteiger partial charge in [-0.1, -0.05) is 0 Å². The number of hydrogen-bond acceptors (Lipinski definition) is 8. The number of pyridine rings is 3. The lowest BCUT2D eigenvalue weighted by Gasteiger charge is -2.15. The molecule has 0 atom stereocenters. The van der Waals surface area contributed by atoms with Crippen LogP contribution in [0.15, 0.2) is 43.0 Å². The third-order valence-corrected chi connectivity index (χ3v) is 4.26. The highest BCUT2D eigenvalue weighted by molar-refractivity contribution is 6.01. The molecule has 0 aliphatic carbocycles. The number of methoxy groups -OCH3 is 1. The molecule has 0 fully saturated rings. The zero-order chi connectivity index (χ0) is 27.0. The number of amides is 1. The number of fused-ring (bicyclic) bond motifs is 1.